The van der Waals surface area contributed by atoms with E-state index in [1.54, 1.807) is 12.1 Å². The van der Waals surface area contributed by atoms with E-state index >= 15 is 0 Å². The Balaban J connectivity index is 1.81. The molecule has 0 saturated carbocycles. The predicted octanol–water partition coefficient (Wildman–Crippen LogP) is 4.73. The number of hydrogen-bond acceptors (Lipinski definition) is 5. The predicted molar refractivity (Wildman–Crippen MR) is 99.3 cm³/mol. The zero-order valence-corrected chi connectivity index (χ0v) is 16.0. The molecule has 0 spiro atoms. The van der Waals surface area contributed by atoms with Gasteiger partial charge < -0.3 is 14.6 Å². The number of anilines is 1. The van der Waals surface area contributed by atoms with Crippen molar-refractivity contribution in [3.8, 4) is 17.1 Å². The number of imidazole rings is 1. The van der Waals surface area contributed by atoms with Crippen molar-refractivity contribution in [2.24, 2.45) is 7.05 Å². The molecule has 2 aromatic heterocycles. The van der Waals surface area contributed by atoms with Crippen LogP contribution in [0.15, 0.2) is 36.7 Å². The summed E-state index contributed by atoms with van der Waals surface area (Å²) < 4.78 is 45.1. The summed E-state index contributed by atoms with van der Waals surface area (Å²) in [5.74, 6) is 1.13. The molecule has 0 radical (unpaired) electrons. The molecule has 0 amide bonds. The summed E-state index contributed by atoms with van der Waals surface area (Å²) in [6.07, 6.45) is -2.04. The minimum atomic E-state index is -4.48. The second-order valence-electron chi connectivity index (χ2n) is 6.10. The largest absolute Gasteiger partial charge is 0.491 e. The lowest BCUT2D eigenvalue weighted by Crippen LogP contribution is -2.09. The van der Waals surface area contributed by atoms with Crippen LogP contribution in [0.5, 0.6) is 5.75 Å². The van der Waals surface area contributed by atoms with Gasteiger partial charge in [0.15, 0.2) is 17.3 Å². The van der Waals surface area contributed by atoms with Crippen molar-refractivity contribution >= 4 is 17.4 Å². The van der Waals surface area contributed by atoms with Crippen molar-refractivity contribution in [2.45, 2.75) is 19.1 Å². The Bertz CT molecular complexity index is 972. The molecule has 148 valence electrons. The van der Waals surface area contributed by atoms with E-state index in [1.165, 1.54) is 24.9 Å². The van der Waals surface area contributed by atoms with E-state index in [9.17, 15) is 13.2 Å². The fourth-order valence-electron chi connectivity index (χ4n) is 2.68. The van der Waals surface area contributed by atoms with Gasteiger partial charge in [0, 0.05) is 18.8 Å². The van der Waals surface area contributed by atoms with Crippen LogP contribution in [0.3, 0.4) is 0 Å². The van der Waals surface area contributed by atoms with Crippen molar-refractivity contribution < 1.29 is 17.9 Å². The maximum absolute atomic E-state index is 12.9. The molecular formula is C18H17ClF3N5O. The summed E-state index contributed by atoms with van der Waals surface area (Å²) in [6.45, 7) is 1.91. The van der Waals surface area contributed by atoms with Crippen LogP contribution in [-0.4, -0.2) is 26.6 Å². The molecule has 1 atom stereocenters. The number of ether oxygens (including phenoxy) is 1. The molecule has 10 heteroatoms. The normalized spacial score (nSPS) is 12.7. The first kappa shape index (κ1) is 19.9. The Morgan fingerprint density at radius 2 is 1.86 bits per heavy atom. The highest BCUT2D eigenvalue weighted by Gasteiger charge is 2.34. The summed E-state index contributed by atoms with van der Waals surface area (Å²) in [5.41, 5.74) is 0.555. The van der Waals surface area contributed by atoms with Crippen molar-refractivity contribution in [1.29, 1.82) is 0 Å². The van der Waals surface area contributed by atoms with Gasteiger partial charge in [0.05, 0.1) is 19.3 Å². The quantitative estimate of drug-likeness (QED) is 0.615. The van der Waals surface area contributed by atoms with Gasteiger partial charge in [0.2, 0.25) is 5.28 Å². The van der Waals surface area contributed by atoms with Gasteiger partial charge in [0.25, 0.3) is 0 Å². The van der Waals surface area contributed by atoms with Gasteiger partial charge in [-0.3, -0.25) is 0 Å². The number of halogens is 4. The third kappa shape index (κ3) is 4.19. The molecule has 3 rings (SSSR count). The van der Waals surface area contributed by atoms with Gasteiger partial charge in [-0.15, -0.1) is 0 Å². The van der Waals surface area contributed by atoms with Crippen molar-refractivity contribution in [2.75, 3.05) is 12.4 Å². The maximum atomic E-state index is 12.9. The monoisotopic (exact) mass is 411 g/mol. The van der Waals surface area contributed by atoms with E-state index in [2.05, 4.69) is 20.3 Å². The van der Waals surface area contributed by atoms with Crippen LogP contribution >= 0.6 is 11.6 Å². The zero-order chi connectivity index (χ0) is 20.5. The van der Waals surface area contributed by atoms with Crippen LogP contribution < -0.4 is 10.1 Å². The van der Waals surface area contributed by atoms with E-state index in [0.29, 0.717) is 17.1 Å². The molecule has 0 saturated heterocycles. The zero-order valence-electron chi connectivity index (χ0n) is 15.3. The van der Waals surface area contributed by atoms with Crippen LogP contribution in [0.25, 0.3) is 11.4 Å². The Kier molecular flexibility index (Phi) is 5.46. The van der Waals surface area contributed by atoms with E-state index in [1.807, 2.05) is 19.1 Å². The first-order chi connectivity index (χ1) is 13.2. The van der Waals surface area contributed by atoms with Crippen LogP contribution in [0.4, 0.5) is 19.0 Å². The molecule has 3 aromatic rings. The lowest BCUT2D eigenvalue weighted by Gasteiger charge is -2.17. The molecule has 0 aliphatic rings. The minimum Gasteiger partial charge on any atom is -0.491 e. The molecule has 28 heavy (non-hydrogen) atoms. The molecule has 1 aromatic carbocycles. The average molecular weight is 412 g/mol. The van der Waals surface area contributed by atoms with Crippen molar-refractivity contribution in [3.05, 3.63) is 53.2 Å². The highest BCUT2D eigenvalue weighted by atomic mass is 35.5. The molecule has 1 unspecified atom stereocenters. The summed E-state index contributed by atoms with van der Waals surface area (Å²) in [6, 6.07) is 6.90. The SMILES string of the molecule is COc1cnc(Cl)nc1NC(C)c1ccc(-c2nc(C(F)(F)F)cn2C)cc1. The van der Waals surface area contributed by atoms with E-state index in [4.69, 9.17) is 16.3 Å². The highest BCUT2D eigenvalue weighted by molar-refractivity contribution is 6.28. The summed E-state index contributed by atoms with van der Waals surface area (Å²) >= 11 is 5.83. The van der Waals surface area contributed by atoms with E-state index in [0.717, 1.165) is 11.8 Å². The summed E-state index contributed by atoms with van der Waals surface area (Å²) in [5, 5.41) is 3.27. The number of rotatable bonds is 5. The van der Waals surface area contributed by atoms with Crippen molar-refractivity contribution in [3.63, 3.8) is 0 Å². The molecule has 1 N–H and O–H groups in total. The lowest BCUT2D eigenvalue weighted by molar-refractivity contribution is -0.140. The fourth-order valence-corrected chi connectivity index (χ4v) is 2.82. The Hall–Kier alpha value is -2.81. The topological polar surface area (TPSA) is 64.9 Å². The molecule has 2 heterocycles. The smallest absolute Gasteiger partial charge is 0.434 e. The number of aryl methyl sites for hydroxylation is 1. The van der Waals surface area contributed by atoms with Gasteiger partial charge in [-0.25, -0.2) is 9.97 Å². The second kappa shape index (κ2) is 7.67. The maximum Gasteiger partial charge on any atom is 0.434 e. The summed E-state index contributed by atoms with van der Waals surface area (Å²) in [4.78, 5) is 11.7. The Morgan fingerprint density at radius 1 is 1.18 bits per heavy atom. The van der Waals surface area contributed by atoms with E-state index < -0.39 is 11.9 Å². The first-order valence-corrected chi connectivity index (χ1v) is 8.60. The first-order valence-electron chi connectivity index (χ1n) is 8.23. The number of alkyl halides is 3. The van der Waals surface area contributed by atoms with Gasteiger partial charge in [-0.05, 0) is 24.1 Å². The molecular weight excluding hydrogens is 395 g/mol. The number of hydrogen-bond donors (Lipinski definition) is 1. The van der Waals surface area contributed by atoms with Crippen molar-refractivity contribution in [1.82, 2.24) is 19.5 Å². The van der Waals surface area contributed by atoms with Gasteiger partial charge in [0.1, 0.15) is 5.82 Å². The Morgan fingerprint density at radius 3 is 2.43 bits per heavy atom. The number of methoxy groups -OCH3 is 1. The molecule has 0 fully saturated rings. The second-order valence-corrected chi connectivity index (χ2v) is 6.44. The molecule has 6 nitrogen and oxygen atoms in total. The van der Waals surface area contributed by atoms with Crippen LogP contribution in [-0.2, 0) is 13.2 Å². The number of aromatic nitrogens is 4. The number of nitrogens with zero attached hydrogens (tertiary/aromatic N) is 4. The molecule has 0 aliphatic carbocycles. The summed E-state index contributed by atoms with van der Waals surface area (Å²) in [7, 11) is 3.03. The third-order valence-corrected chi connectivity index (χ3v) is 4.32. The third-order valence-electron chi connectivity index (χ3n) is 4.13. The van der Waals surface area contributed by atoms with Gasteiger partial charge >= 0.3 is 6.18 Å². The van der Waals surface area contributed by atoms with Gasteiger partial charge in [-0.1, -0.05) is 24.3 Å². The Labute approximate surface area is 164 Å². The fraction of sp³-hybridized carbons (Fsp3) is 0.278. The standard InChI is InChI=1S/C18H17ClF3N5O/c1-10(24-15-13(28-3)8-23-17(19)26-15)11-4-6-12(7-5-11)16-25-14(9-27(16)2)18(20,21)22/h4-10H,1-3H3,(H,23,24,26). The van der Waals surface area contributed by atoms with Crippen LogP contribution in [0.2, 0.25) is 5.28 Å². The van der Waals surface area contributed by atoms with E-state index in [-0.39, 0.29) is 17.1 Å². The number of nitrogens with one attached hydrogen (secondary N) is 1. The number of benzene rings is 1. The highest BCUT2D eigenvalue weighted by Crippen LogP contribution is 2.31. The van der Waals surface area contributed by atoms with Crippen LogP contribution in [0.1, 0.15) is 24.2 Å². The minimum absolute atomic E-state index is 0.0844. The molecule has 0 aliphatic heterocycles. The van der Waals surface area contributed by atoms with Crippen LogP contribution in [0, 0.1) is 0 Å². The average Bonchev–Trinajstić information content (AvgIpc) is 3.04. The molecule has 0 bridgehead atoms. The lowest BCUT2D eigenvalue weighted by atomic mass is 10.1. The van der Waals surface area contributed by atoms with Gasteiger partial charge in [-0.2, -0.15) is 18.2 Å².